The first-order chi connectivity index (χ1) is 12.0. The number of hydrogen-bond acceptors (Lipinski definition) is 6. The number of nitro groups is 1. The first kappa shape index (κ1) is 21.0. The standard InChI is InChI=1S/C16H24N4O4S.ClH/c21-20(22)15-3-1-2-4-16(15)25(23,24)19-11-9-18(10-12-19)13-14-5-7-17-8-6-14;/h1-4,14,17H,5-13H2;1H. The summed E-state index contributed by atoms with van der Waals surface area (Å²) in [7, 11) is -3.84. The number of sulfonamides is 1. The summed E-state index contributed by atoms with van der Waals surface area (Å²) in [6.07, 6.45) is 2.32. The van der Waals surface area contributed by atoms with Crippen LogP contribution in [0.1, 0.15) is 12.8 Å². The highest BCUT2D eigenvalue weighted by molar-refractivity contribution is 7.89. The Kier molecular flexibility index (Phi) is 7.36. The van der Waals surface area contributed by atoms with Crippen LogP contribution in [0.5, 0.6) is 0 Å². The fraction of sp³-hybridized carbons (Fsp3) is 0.625. The fourth-order valence-corrected chi connectivity index (χ4v) is 5.13. The molecule has 0 aliphatic carbocycles. The number of piperazine rings is 1. The van der Waals surface area contributed by atoms with Crippen molar-refractivity contribution in [2.75, 3.05) is 45.8 Å². The second-order valence-corrected chi connectivity index (χ2v) is 8.53. The Labute approximate surface area is 160 Å². The number of nitrogens with one attached hydrogen (secondary N) is 1. The van der Waals surface area contributed by atoms with Crippen LogP contribution in [0, 0.1) is 16.0 Å². The molecular formula is C16H25ClN4O4S. The van der Waals surface area contributed by atoms with E-state index < -0.39 is 14.9 Å². The molecule has 2 aliphatic rings. The van der Waals surface area contributed by atoms with E-state index in [4.69, 9.17) is 0 Å². The SMILES string of the molecule is Cl.O=[N+]([O-])c1ccccc1S(=O)(=O)N1CCN(CC2CCNCC2)CC1. The molecule has 0 spiro atoms. The predicted molar refractivity (Wildman–Crippen MR) is 101 cm³/mol. The number of halogens is 1. The van der Waals surface area contributed by atoms with E-state index in [0.717, 1.165) is 32.5 Å². The van der Waals surface area contributed by atoms with E-state index in [2.05, 4.69) is 10.2 Å². The molecule has 0 aromatic heterocycles. The van der Waals surface area contributed by atoms with Crippen LogP contribution in [0.4, 0.5) is 5.69 Å². The van der Waals surface area contributed by atoms with Gasteiger partial charge < -0.3 is 10.2 Å². The van der Waals surface area contributed by atoms with Crippen LogP contribution in [0.3, 0.4) is 0 Å². The molecule has 26 heavy (non-hydrogen) atoms. The lowest BCUT2D eigenvalue weighted by atomic mass is 9.97. The quantitative estimate of drug-likeness (QED) is 0.587. The Bertz CT molecular complexity index is 717. The maximum absolute atomic E-state index is 12.8. The van der Waals surface area contributed by atoms with E-state index in [9.17, 15) is 18.5 Å². The lowest BCUT2D eigenvalue weighted by molar-refractivity contribution is -0.387. The Morgan fingerprint density at radius 3 is 2.35 bits per heavy atom. The molecule has 0 radical (unpaired) electrons. The Hall–Kier alpha value is -1.26. The summed E-state index contributed by atoms with van der Waals surface area (Å²) in [5.74, 6) is 0.666. The molecule has 1 N–H and O–H groups in total. The van der Waals surface area contributed by atoms with Crippen LogP contribution in [-0.4, -0.2) is 68.4 Å². The minimum absolute atomic E-state index is 0. The van der Waals surface area contributed by atoms with Gasteiger partial charge in [-0.3, -0.25) is 10.1 Å². The maximum Gasteiger partial charge on any atom is 0.289 e. The minimum atomic E-state index is -3.84. The number of nitro benzene ring substituents is 1. The number of rotatable bonds is 5. The van der Waals surface area contributed by atoms with E-state index in [1.807, 2.05) is 0 Å². The Morgan fingerprint density at radius 2 is 1.73 bits per heavy atom. The molecule has 1 aromatic rings. The lowest BCUT2D eigenvalue weighted by Gasteiger charge is -2.36. The molecular weight excluding hydrogens is 380 g/mol. The van der Waals surface area contributed by atoms with Crippen LogP contribution in [-0.2, 0) is 10.0 Å². The zero-order chi connectivity index (χ0) is 17.9. The van der Waals surface area contributed by atoms with Gasteiger partial charge in [-0.1, -0.05) is 12.1 Å². The summed E-state index contributed by atoms with van der Waals surface area (Å²) in [6.45, 7) is 5.20. The average Bonchev–Trinajstić information content (AvgIpc) is 2.63. The molecule has 8 nitrogen and oxygen atoms in total. The van der Waals surface area contributed by atoms with Crippen molar-refractivity contribution in [3.05, 3.63) is 34.4 Å². The number of hydrogen-bond donors (Lipinski definition) is 1. The summed E-state index contributed by atoms with van der Waals surface area (Å²) in [4.78, 5) is 12.6. The van der Waals surface area contributed by atoms with Crippen molar-refractivity contribution in [3.63, 3.8) is 0 Å². The molecule has 0 atom stereocenters. The van der Waals surface area contributed by atoms with Crippen molar-refractivity contribution in [3.8, 4) is 0 Å². The topological polar surface area (TPSA) is 95.8 Å². The Morgan fingerprint density at radius 1 is 1.12 bits per heavy atom. The summed E-state index contributed by atoms with van der Waals surface area (Å²) >= 11 is 0. The van der Waals surface area contributed by atoms with Gasteiger partial charge in [0.1, 0.15) is 0 Å². The van der Waals surface area contributed by atoms with E-state index in [1.165, 1.54) is 28.6 Å². The summed E-state index contributed by atoms with van der Waals surface area (Å²) in [5, 5.41) is 14.5. The van der Waals surface area contributed by atoms with E-state index >= 15 is 0 Å². The van der Waals surface area contributed by atoms with E-state index in [1.54, 1.807) is 0 Å². The van der Waals surface area contributed by atoms with Crippen LogP contribution < -0.4 is 5.32 Å². The third-order valence-corrected chi connectivity index (χ3v) is 6.93. The number of nitrogens with zero attached hydrogens (tertiary/aromatic N) is 3. The molecule has 2 aliphatic heterocycles. The highest BCUT2D eigenvalue weighted by Crippen LogP contribution is 2.27. The van der Waals surface area contributed by atoms with Gasteiger partial charge >= 0.3 is 0 Å². The molecule has 1 aromatic carbocycles. The van der Waals surface area contributed by atoms with Crippen molar-refractivity contribution in [1.29, 1.82) is 0 Å². The Balaban J connectivity index is 0.00000243. The van der Waals surface area contributed by atoms with Gasteiger partial charge in [-0.25, -0.2) is 8.42 Å². The van der Waals surface area contributed by atoms with Crippen molar-refractivity contribution >= 4 is 28.1 Å². The van der Waals surface area contributed by atoms with Crippen molar-refractivity contribution in [1.82, 2.24) is 14.5 Å². The normalized spacial score (nSPS) is 20.5. The second-order valence-electron chi connectivity index (χ2n) is 6.62. The third-order valence-electron chi connectivity index (χ3n) is 4.99. The summed E-state index contributed by atoms with van der Waals surface area (Å²) in [5.41, 5.74) is -0.361. The number of benzene rings is 1. The first-order valence-corrected chi connectivity index (χ1v) is 10.1. The molecule has 0 bridgehead atoms. The summed E-state index contributed by atoms with van der Waals surface area (Å²) in [6, 6.07) is 5.55. The molecule has 0 saturated carbocycles. The monoisotopic (exact) mass is 404 g/mol. The molecule has 2 heterocycles. The van der Waals surface area contributed by atoms with Crippen molar-refractivity contribution in [2.24, 2.45) is 5.92 Å². The van der Waals surface area contributed by atoms with Gasteiger partial charge in [0.15, 0.2) is 4.90 Å². The number of piperidine rings is 1. The minimum Gasteiger partial charge on any atom is -0.317 e. The third kappa shape index (κ3) is 4.72. The average molecular weight is 405 g/mol. The fourth-order valence-electron chi connectivity index (χ4n) is 3.55. The highest BCUT2D eigenvalue weighted by Gasteiger charge is 2.33. The van der Waals surface area contributed by atoms with Gasteiger partial charge in [0.2, 0.25) is 10.0 Å². The molecule has 2 fully saturated rings. The molecule has 3 rings (SSSR count). The van der Waals surface area contributed by atoms with Gasteiger partial charge in [0.05, 0.1) is 4.92 Å². The van der Waals surface area contributed by atoms with E-state index in [-0.39, 0.29) is 23.0 Å². The summed E-state index contributed by atoms with van der Waals surface area (Å²) < 4.78 is 27.0. The molecule has 0 unspecified atom stereocenters. The van der Waals surface area contributed by atoms with Gasteiger partial charge in [-0.15, -0.1) is 12.4 Å². The highest BCUT2D eigenvalue weighted by atomic mass is 35.5. The second kappa shape index (κ2) is 9.09. The lowest BCUT2D eigenvalue weighted by Crippen LogP contribution is -2.50. The maximum atomic E-state index is 12.8. The molecule has 0 amide bonds. The molecule has 10 heteroatoms. The predicted octanol–water partition coefficient (Wildman–Crippen LogP) is 1.32. The zero-order valence-corrected chi connectivity index (χ0v) is 16.2. The van der Waals surface area contributed by atoms with Crippen molar-refractivity contribution in [2.45, 2.75) is 17.7 Å². The zero-order valence-electron chi connectivity index (χ0n) is 14.5. The largest absolute Gasteiger partial charge is 0.317 e. The van der Waals surface area contributed by atoms with Crippen LogP contribution in [0.25, 0.3) is 0 Å². The van der Waals surface area contributed by atoms with Gasteiger partial charge in [-0.05, 0) is 37.9 Å². The van der Waals surface area contributed by atoms with Crippen LogP contribution in [0.2, 0.25) is 0 Å². The smallest absolute Gasteiger partial charge is 0.289 e. The molecule has 2 saturated heterocycles. The molecule has 146 valence electrons. The van der Waals surface area contributed by atoms with Crippen LogP contribution in [0.15, 0.2) is 29.2 Å². The number of para-hydroxylation sites is 1. The first-order valence-electron chi connectivity index (χ1n) is 8.65. The van der Waals surface area contributed by atoms with Crippen molar-refractivity contribution < 1.29 is 13.3 Å². The van der Waals surface area contributed by atoms with Gasteiger partial charge in [-0.2, -0.15) is 4.31 Å². The van der Waals surface area contributed by atoms with E-state index in [0.29, 0.717) is 32.1 Å². The van der Waals surface area contributed by atoms with Gasteiger partial charge in [0.25, 0.3) is 5.69 Å². The van der Waals surface area contributed by atoms with Gasteiger partial charge in [0, 0.05) is 38.8 Å². The van der Waals surface area contributed by atoms with Crippen LogP contribution >= 0.6 is 12.4 Å².